The zero-order valence-electron chi connectivity index (χ0n) is 12.0. The number of aliphatic hydroxyl groups is 1. The van der Waals surface area contributed by atoms with Crippen LogP contribution in [-0.4, -0.2) is 26.2 Å². The Balaban J connectivity index is 2.12. The number of hydrogen-bond donors (Lipinski definition) is 2. The predicted octanol–water partition coefficient (Wildman–Crippen LogP) is 2.25. The fraction of sp³-hybridized carbons (Fsp3) is 0.600. The monoisotopic (exact) mass is 297 g/mol. The maximum absolute atomic E-state index is 12.3. The number of benzene rings is 1. The molecule has 1 aliphatic carbocycles. The smallest absolute Gasteiger partial charge is 0.240 e. The zero-order chi connectivity index (χ0) is 14.8. The van der Waals surface area contributed by atoms with Crippen LogP contribution in [0.15, 0.2) is 29.2 Å². The molecule has 1 aromatic rings. The Hall–Kier alpha value is -0.910. The highest BCUT2D eigenvalue weighted by atomic mass is 32.2. The van der Waals surface area contributed by atoms with Gasteiger partial charge in [0.1, 0.15) is 0 Å². The van der Waals surface area contributed by atoms with E-state index in [9.17, 15) is 8.42 Å². The van der Waals surface area contributed by atoms with E-state index in [4.69, 9.17) is 5.11 Å². The Labute approximate surface area is 121 Å². The average molecular weight is 297 g/mol. The minimum Gasteiger partial charge on any atom is -0.396 e. The topological polar surface area (TPSA) is 66.4 Å². The van der Waals surface area contributed by atoms with Gasteiger partial charge in [0.2, 0.25) is 10.0 Å². The van der Waals surface area contributed by atoms with E-state index in [0.717, 1.165) is 18.4 Å². The highest BCUT2D eigenvalue weighted by molar-refractivity contribution is 7.89. The Bertz CT molecular complexity index is 533. The molecule has 5 heteroatoms. The normalized spacial score (nSPS) is 17.4. The molecule has 2 N–H and O–H groups in total. The average Bonchev–Trinajstić information content (AvgIpc) is 3.22. The van der Waals surface area contributed by atoms with Gasteiger partial charge in [-0.25, -0.2) is 13.1 Å². The van der Waals surface area contributed by atoms with Crippen LogP contribution in [0.2, 0.25) is 0 Å². The second-order valence-electron chi connectivity index (χ2n) is 5.80. The van der Waals surface area contributed by atoms with Crippen molar-refractivity contribution in [3.63, 3.8) is 0 Å². The van der Waals surface area contributed by atoms with Crippen molar-refractivity contribution >= 4 is 10.0 Å². The number of rotatable bonds is 7. The van der Waals surface area contributed by atoms with Crippen LogP contribution in [0.1, 0.15) is 44.6 Å². The summed E-state index contributed by atoms with van der Waals surface area (Å²) in [5.41, 5.74) is 1.12. The highest BCUT2D eigenvalue weighted by Crippen LogP contribution is 2.34. The quantitative estimate of drug-likeness (QED) is 0.811. The van der Waals surface area contributed by atoms with Gasteiger partial charge >= 0.3 is 0 Å². The van der Waals surface area contributed by atoms with Gasteiger partial charge in [0, 0.05) is 12.6 Å². The Kier molecular flexibility index (Phi) is 4.83. The van der Waals surface area contributed by atoms with E-state index < -0.39 is 10.0 Å². The summed E-state index contributed by atoms with van der Waals surface area (Å²) < 4.78 is 27.4. The fourth-order valence-corrected chi connectivity index (χ4v) is 3.67. The summed E-state index contributed by atoms with van der Waals surface area (Å²) in [7, 11) is -3.49. The van der Waals surface area contributed by atoms with Crippen LogP contribution in [0, 0.1) is 5.92 Å². The fourth-order valence-electron chi connectivity index (χ4n) is 2.33. The van der Waals surface area contributed by atoms with Crippen LogP contribution < -0.4 is 4.72 Å². The second-order valence-corrected chi connectivity index (χ2v) is 7.52. The molecule has 1 atom stereocenters. The van der Waals surface area contributed by atoms with E-state index in [1.807, 2.05) is 12.1 Å². The molecule has 4 nitrogen and oxygen atoms in total. The first kappa shape index (κ1) is 15.5. The third-order valence-electron chi connectivity index (χ3n) is 3.79. The molecule has 0 amide bonds. The summed E-state index contributed by atoms with van der Waals surface area (Å²) in [5.74, 6) is 0.764. The van der Waals surface area contributed by atoms with Crippen LogP contribution in [0.3, 0.4) is 0 Å². The van der Waals surface area contributed by atoms with Crippen molar-refractivity contribution in [3.8, 4) is 0 Å². The first-order valence-corrected chi connectivity index (χ1v) is 8.65. The van der Waals surface area contributed by atoms with Gasteiger partial charge in [-0.15, -0.1) is 0 Å². The molecule has 1 unspecified atom stereocenters. The third kappa shape index (κ3) is 3.81. The number of sulfonamides is 1. The van der Waals surface area contributed by atoms with E-state index >= 15 is 0 Å². The van der Waals surface area contributed by atoms with Crippen molar-refractivity contribution in [1.29, 1.82) is 0 Å². The molecule has 0 aliphatic heterocycles. The van der Waals surface area contributed by atoms with Crippen LogP contribution >= 0.6 is 0 Å². The molecule has 20 heavy (non-hydrogen) atoms. The molecule has 0 radical (unpaired) electrons. The first-order chi connectivity index (χ1) is 9.44. The Morgan fingerprint density at radius 1 is 1.25 bits per heavy atom. The maximum Gasteiger partial charge on any atom is 0.240 e. The van der Waals surface area contributed by atoms with Gasteiger partial charge in [0.25, 0.3) is 0 Å². The Morgan fingerprint density at radius 3 is 2.30 bits per heavy atom. The predicted molar refractivity (Wildman–Crippen MR) is 79.1 cm³/mol. The van der Waals surface area contributed by atoms with Gasteiger partial charge in [-0.05, 0) is 48.8 Å². The Morgan fingerprint density at radius 2 is 1.85 bits per heavy atom. The largest absolute Gasteiger partial charge is 0.396 e. The van der Waals surface area contributed by atoms with E-state index in [-0.39, 0.29) is 12.6 Å². The van der Waals surface area contributed by atoms with Crippen molar-refractivity contribution in [2.45, 2.75) is 50.0 Å². The summed E-state index contributed by atoms with van der Waals surface area (Å²) in [6, 6.07) is 6.88. The minimum atomic E-state index is -3.49. The van der Waals surface area contributed by atoms with E-state index in [1.54, 1.807) is 12.1 Å². The van der Waals surface area contributed by atoms with Crippen molar-refractivity contribution in [3.05, 3.63) is 29.8 Å². The van der Waals surface area contributed by atoms with Crippen molar-refractivity contribution in [1.82, 2.24) is 4.72 Å². The second kappa shape index (κ2) is 6.24. The molecule has 0 spiro atoms. The zero-order valence-corrected chi connectivity index (χ0v) is 12.9. The van der Waals surface area contributed by atoms with E-state index in [1.165, 1.54) is 0 Å². The lowest BCUT2D eigenvalue weighted by molar-refractivity contribution is 0.265. The molecule has 112 valence electrons. The van der Waals surface area contributed by atoms with Gasteiger partial charge in [0.15, 0.2) is 0 Å². The molecule has 2 rings (SSSR count). The molecule has 1 aromatic carbocycles. The molecule has 1 aliphatic rings. The van der Waals surface area contributed by atoms with Gasteiger partial charge < -0.3 is 5.11 Å². The number of nitrogens with one attached hydrogen (secondary N) is 1. The summed E-state index contributed by atoms with van der Waals surface area (Å²) in [6.07, 6.45) is 2.56. The molecular formula is C15H23NO3S. The third-order valence-corrected chi connectivity index (χ3v) is 5.30. The first-order valence-electron chi connectivity index (χ1n) is 7.17. The molecular weight excluding hydrogens is 274 g/mol. The summed E-state index contributed by atoms with van der Waals surface area (Å²) in [6.45, 7) is 4.16. The summed E-state index contributed by atoms with van der Waals surface area (Å²) >= 11 is 0. The standard InChI is InChI=1S/C15H23NO3S/c1-11(2)12-5-7-14(8-6-12)20(18,19)16-15(9-10-17)13-3-4-13/h5-8,11,13,15-17H,3-4,9-10H2,1-2H3. The van der Waals surface area contributed by atoms with Crippen LogP contribution in [-0.2, 0) is 10.0 Å². The van der Waals surface area contributed by atoms with Crippen molar-refractivity contribution in [2.24, 2.45) is 5.92 Å². The van der Waals surface area contributed by atoms with Gasteiger partial charge in [-0.1, -0.05) is 26.0 Å². The summed E-state index contributed by atoms with van der Waals surface area (Å²) in [5, 5.41) is 9.04. The molecule has 0 bridgehead atoms. The SMILES string of the molecule is CC(C)c1ccc(S(=O)(=O)NC(CCO)C2CC2)cc1. The molecule has 0 aromatic heterocycles. The van der Waals surface area contributed by atoms with Gasteiger partial charge in [-0.2, -0.15) is 0 Å². The molecule has 1 fully saturated rings. The number of hydrogen-bond acceptors (Lipinski definition) is 3. The van der Waals surface area contributed by atoms with Gasteiger partial charge in [-0.3, -0.25) is 0 Å². The lowest BCUT2D eigenvalue weighted by Crippen LogP contribution is -2.37. The van der Waals surface area contributed by atoms with Crippen LogP contribution in [0.25, 0.3) is 0 Å². The summed E-state index contributed by atoms with van der Waals surface area (Å²) in [4.78, 5) is 0.297. The maximum atomic E-state index is 12.3. The molecule has 0 heterocycles. The van der Waals surface area contributed by atoms with Crippen LogP contribution in [0.5, 0.6) is 0 Å². The molecule has 1 saturated carbocycles. The van der Waals surface area contributed by atoms with Crippen molar-refractivity contribution < 1.29 is 13.5 Å². The lowest BCUT2D eigenvalue weighted by Gasteiger charge is -2.17. The molecule has 0 saturated heterocycles. The van der Waals surface area contributed by atoms with Crippen LogP contribution in [0.4, 0.5) is 0 Å². The van der Waals surface area contributed by atoms with Crippen molar-refractivity contribution in [2.75, 3.05) is 6.61 Å². The van der Waals surface area contributed by atoms with E-state index in [0.29, 0.717) is 23.2 Å². The number of aliphatic hydroxyl groups excluding tert-OH is 1. The van der Waals surface area contributed by atoms with E-state index in [2.05, 4.69) is 18.6 Å². The lowest BCUT2D eigenvalue weighted by atomic mass is 10.0. The minimum absolute atomic E-state index is 0.00989. The van der Waals surface area contributed by atoms with Gasteiger partial charge in [0.05, 0.1) is 4.90 Å². The highest BCUT2D eigenvalue weighted by Gasteiger charge is 2.33.